The van der Waals surface area contributed by atoms with Crippen molar-refractivity contribution in [2.75, 3.05) is 32.9 Å². The van der Waals surface area contributed by atoms with E-state index in [1.165, 1.54) is 48.7 Å². The summed E-state index contributed by atoms with van der Waals surface area (Å²) in [5.41, 5.74) is 2.72. The highest BCUT2D eigenvalue weighted by Gasteiger charge is 2.42. The Kier molecular flexibility index (Phi) is 31.5. The normalized spacial score (nSPS) is 15.4. The van der Waals surface area contributed by atoms with Gasteiger partial charge in [-0.05, 0) is 99.4 Å². The summed E-state index contributed by atoms with van der Waals surface area (Å²) in [7, 11) is 0. The Morgan fingerprint density at radius 2 is 1.76 bits per heavy atom. The van der Waals surface area contributed by atoms with Crippen LogP contribution >= 0.6 is 11.3 Å². The maximum Gasteiger partial charge on any atom is 0.290 e. The molecule has 0 spiro atoms. The molecule has 0 aromatic carbocycles. The van der Waals surface area contributed by atoms with E-state index in [9.17, 15) is 13.6 Å². The second-order valence-electron chi connectivity index (χ2n) is 13.0. The van der Waals surface area contributed by atoms with Crippen molar-refractivity contribution in [1.29, 1.82) is 0 Å². The van der Waals surface area contributed by atoms with Gasteiger partial charge in [0.1, 0.15) is 17.1 Å². The number of hydrogen-bond acceptors (Lipinski definition) is 6. The number of aryl methyl sites for hydroxylation is 2. The third-order valence-electron chi connectivity index (χ3n) is 8.91. The quantitative estimate of drug-likeness (QED) is 0.0907. The van der Waals surface area contributed by atoms with Crippen molar-refractivity contribution in [3.63, 3.8) is 0 Å². The van der Waals surface area contributed by atoms with Crippen LogP contribution in [0, 0.1) is 18.8 Å². The largest absolute Gasteiger partial charge is 0.483 e. The molecule has 2 fully saturated rings. The van der Waals surface area contributed by atoms with Gasteiger partial charge in [0.2, 0.25) is 0 Å². The molecule has 11 heteroatoms. The van der Waals surface area contributed by atoms with E-state index in [1.54, 1.807) is 0 Å². The van der Waals surface area contributed by atoms with Gasteiger partial charge in [-0.2, -0.15) is 0 Å². The first-order chi connectivity index (χ1) is 25.9. The molecule has 2 aliphatic heterocycles. The molecule has 0 saturated carbocycles. The number of thiophene rings is 1. The zero-order valence-electron chi connectivity index (χ0n) is 35.5. The molecular weight excluding hydrogens is 709 g/mol. The second-order valence-corrected chi connectivity index (χ2v) is 14.0. The lowest BCUT2D eigenvalue weighted by atomic mass is 9.88. The van der Waals surface area contributed by atoms with Crippen LogP contribution in [0.25, 0.3) is 5.57 Å². The second kappa shape index (κ2) is 32.1. The minimum absolute atomic E-state index is 0.0234. The van der Waals surface area contributed by atoms with Gasteiger partial charge in [0.25, 0.3) is 18.5 Å². The number of ether oxygens (including phenoxy) is 2. The molecule has 2 N–H and O–H groups in total. The van der Waals surface area contributed by atoms with Crippen molar-refractivity contribution in [2.45, 2.75) is 140 Å². The number of hydrogen-bond donors (Lipinski definition) is 2. The number of allylic oxidation sites excluding steroid dienone is 4. The summed E-state index contributed by atoms with van der Waals surface area (Å²) in [5, 5.41) is 8.83. The van der Waals surface area contributed by atoms with E-state index in [2.05, 4.69) is 49.5 Å². The fourth-order valence-corrected chi connectivity index (χ4v) is 5.85. The summed E-state index contributed by atoms with van der Waals surface area (Å²) in [6.07, 6.45) is 10.6. The molecule has 310 valence electrons. The fourth-order valence-electron chi connectivity index (χ4n) is 5.08. The van der Waals surface area contributed by atoms with Crippen LogP contribution in [0.3, 0.4) is 0 Å². The topological polar surface area (TPSA) is 104 Å². The number of carboxylic acid groups (broad SMARTS) is 1. The molecule has 4 heterocycles. The van der Waals surface area contributed by atoms with Crippen molar-refractivity contribution in [3.8, 4) is 0 Å². The minimum Gasteiger partial charge on any atom is -0.483 e. The highest BCUT2D eigenvalue weighted by molar-refractivity contribution is 7.11. The molecule has 1 atom stereocenters. The monoisotopic (exact) mass is 782 g/mol. The smallest absolute Gasteiger partial charge is 0.290 e. The number of nitrogens with zero attached hydrogens (tertiary/aromatic N) is 2. The zero-order valence-corrected chi connectivity index (χ0v) is 36.3. The molecule has 0 amide bonds. The molecule has 8 nitrogen and oxygen atoms in total. The van der Waals surface area contributed by atoms with Crippen LogP contribution in [0.1, 0.15) is 131 Å². The average Bonchev–Trinajstić information content (AvgIpc) is 3.90. The van der Waals surface area contributed by atoms with Gasteiger partial charge in [0.05, 0.1) is 13.2 Å². The number of amidine groups is 1. The van der Waals surface area contributed by atoms with Gasteiger partial charge in [-0.1, -0.05) is 87.3 Å². The standard InChI is InChI=1S/C16H20F2N2S.C12H24O2.C10H15NO.2C2H6.CH2O2/c1-3-13(15-7-6-10-21-15)11-14(16(17)18)19-12(2)20-8-4-5-9-20;1-5-11(4)6-7-14-12(10(2)3)8-13-9-12;1-3-4-5-9-6-8(2)10(12)11-7-9;2*1-2;2-1-3/h3,6-7,10-11,16H,4-5,8-9H2,1-2H3;10-11H,5-9H2,1-4H3;6-7H,3-5H2,1-2H3,(H,11,12);2*1-2H3;1H,(H,2,3)/b13-3?,14-11-,19-12?;;;;;. The lowest BCUT2D eigenvalue weighted by Crippen LogP contribution is -2.56. The van der Waals surface area contributed by atoms with E-state index >= 15 is 0 Å². The first-order valence-electron chi connectivity index (χ1n) is 19.9. The Morgan fingerprint density at radius 3 is 2.19 bits per heavy atom. The number of aromatic amines is 1. The van der Waals surface area contributed by atoms with Crippen molar-refractivity contribution < 1.29 is 28.2 Å². The van der Waals surface area contributed by atoms with Crippen LogP contribution in [0.4, 0.5) is 8.78 Å². The number of halogens is 2. The molecular formula is C43H73F2N3O5S. The Hall–Kier alpha value is -3.15. The van der Waals surface area contributed by atoms with Gasteiger partial charge in [-0.3, -0.25) is 9.59 Å². The number of likely N-dealkylation sites (tertiary alicyclic amines) is 1. The third-order valence-corrected chi connectivity index (χ3v) is 9.83. The number of aromatic nitrogens is 1. The predicted octanol–water partition coefficient (Wildman–Crippen LogP) is 11.5. The van der Waals surface area contributed by atoms with Gasteiger partial charge < -0.3 is 24.5 Å². The molecule has 2 saturated heterocycles. The Balaban J connectivity index is 0. The van der Waals surface area contributed by atoms with E-state index in [-0.39, 0.29) is 23.3 Å². The molecule has 0 bridgehead atoms. The average molecular weight is 782 g/mol. The lowest BCUT2D eigenvalue weighted by Gasteiger charge is -2.44. The Labute approximate surface area is 330 Å². The molecule has 4 rings (SSSR count). The summed E-state index contributed by atoms with van der Waals surface area (Å²) >= 11 is 1.54. The first-order valence-corrected chi connectivity index (χ1v) is 20.7. The highest BCUT2D eigenvalue weighted by atomic mass is 32.1. The number of aliphatic imine (C=N–C) groups is 1. The predicted molar refractivity (Wildman–Crippen MR) is 226 cm³/mol. The van der Waals surface area contributed by atoms with Crippen molar-refractivity contribution in [1.82, 2.24) is 9.88 Å². The summed E-state index contributed by atoms with van der Waals surface area (Å²) in [6, 6.07) is 5.81. The van der Waals surface area contributed by atoms with Crippen LogP contribution in [-0.4, -0.2) is 72.2 Å². The van der Waals surface area contributed by atoms with Gasteiger partial charge >= 0.3 is 0 Å². The number of alkyl halides is 2. The summed E-state index contributed by atoms with van der Waals surface area (Å²) in [5.74, 6) is 2.02. The summed E-state index contributed by atoms with van der Waals surface area (Å²) < 4.78 is 37.8. The maximum atomic E-state index is 13.3. The molecule has 0 aliphatic carbocycles. The van der Waals surface area contributed by atoms with Gasteiger partial charge in [-0.15, -0.1) is 11.3 Å². The zero-order chi connectivity index (χ0) is 41.5. The number of unbranched alkanes of at least 4 members (excludes halogenated alkanes) is 1. The molecule has 54 heavy (non-hydrogen) atoms. The van der Waals surface area contributed by atoms with Crippen LogP contribution in [0.2, 0.25) is 0 Å². The fraction of sp³-hybridized carbons (Fsp3) is 0.651. The first kappa shape index (κ1) is 53.0. The maximum absolute atomic E-state index is 13.3. The highest BCUT2D eigenvalue weighted by Crippen LogP contribution is 2.31. The minimum atomic E-state index is -2.57. The van der Waals surface area contributed by atoms with Crippen LogP contribution in [0.15, 0.2) is 57.4 Å². The third kappa shape index (κ3) is 21.1. The van der Waals surface area contributed by atoms with Gasteiger partial charge in [0.15, 0.2) is 0 Å². The molecule has 2 aromatic heterocycles. The number of pyridine rings is 1. The molecule has 2 aromatic rings. The van der Waals surface area contributed by atoms with Crippen LogP contribution in [0.5, 0.6) is 0 Å². The Bertz CT molecular complexity index is 1360. The van der Waals surface area contributed by atoms with Crippen molar-refractivity contribution in [3.05, 3.63) is 74.0 Å². The van der Waals surface area contributed by atoms with Crippen molar-refractivity contribution in [2.24, 2.45) is 16.8 Å². The number of carbonyl (C=O) groups is 1. The van der Waals surface area contributed by atoms with Crippen LogP contribution in [-0.2, 0) is 20.7 Å². The number of nitrogens with one attached hydrogen (secondary N) is 1. The van der Waals surface area contributed by atoms with E-state index in [4.69, 9.17) is 19.4 Å². The number of rotatable bonds is 13. The van der Waals surface area contributed by atoms with E-state index in [1.807, 2.05) is 84.3 Å². The van der Waals surface area contributed by atoms with Crippen LogP contribution < -0.4 is 5.56 Å². The Morgan fingerprint density at radius 1 is 1.15 bits per heavy atom. The van der Waals surface area contributed by atoms with Crippen molar-refractivity contribution >= 4 is 29.2 Å². The molecule has 0 radical (unpaired) electrons. The van der Waals surface area contributed by atoms with Gasteiger partial charge in [-0.25, -0.2) is 13.8 Å². The SMILES string of the molecule is CC.CC.CC=C(/C=C(\N=C(C)N1CCCC1)C(F)F)c1cccs1.CCC(C)CCOC1(C(C)C)COC1.CCCCc1c[nH]c(=O)c(C)c1.O=CO. The van der Waals surface area contributed by atoms with E-state index in [0.717, 1.165) is 74.1 Å². The number of H-pyrrole nitrogens is 1. The van der Waals surface area contributed by atoms with E-state index < -0.39 is 6.43 Å². The van der Waals surface area contributed by atoms with E-state index in [0.29, 0.717) is 11.8 Å². The lowest BCUT2D eigenvalue weighted by molar-refractivity contribution is -0.231. The summed E-state index contributed by atoms with van der Waals surface area (Å²) in [4.78, 5) is 29.3. The van der Waals surface area contributed by atoms with Gasteiger partial charge in [0, 0.05) is 36.3 Å². The molecule has 1 unspecified atom stereocenters. The summed E-state index contributed by atoms with van der Waals surface area (Å²) in [6.45, 7) is 28.6. The molecule has 2 aliphatic rings.